The molecule has 0 saturated carbocycles. The van der Waals surface area contributed by atoms with Crippen LogP contribution in [0.5, 0.6) is 0 Å². The van der Waals surface area contributed by atoms with Crippen molar-refractivity contribution in [2.45, 2.75) is 51.8 Å². The first-order chi connectivity index (χ1) is 9.78. The van der Waals surface area contributed by atoms with Crippen molar-refractivity contribution in [1.29, 1.82) is 0 Å². The molecule has 1 aliphatic rings. The zero-order chi connectivity index (χ0) is 15.6. The maximum absolute atomic E-state index is 12.1. The molecule has 0 aliphatic carbocycles. The quantitative estimate of drug-likeness (QED) is 0.860. The van der Waals surface area contributed by atoms with E-state index < -0.39 is 5.60 Å². The molecule has 1 saturated heterocycles. The van der Waals surface area contributed by atoms with Crippen molar-refractivity contribution in [3.8, 4) is 0 Å². The van der Waals surface area contributed by atoms with Crippen LogP contribution in [0.4, 0.5) is 4.79 Å². The molecular weight excluding hydrogens is 286 g/mol. The molecule has 1 aliphatic heterocycles. The molecule has 21 heavy (non-hydrogen) atoms. The summed E-state index contributed by atoms with van der Waals surface area (Å²) in [7, 11) is 2.11. The van der Waals surface area contributed by atoms with Crippen LogP contribution in [0.15, 0.2) is 11.6 Å². The van der Waals surface area contributed by atoms with Crippen LogP contribution in [0, 0.1) is 0 Å². The molecule has 0 N–H and O–H groups in total. The Labute approximate surface area is 130 Å². The highest BCUT2D eigenvalue weighted by molar-refractivity contribution is 7.09. The SMILES string of the molecule is CC(c1nccs1)N(C)[C@@H]1CCN(C(=O)OC(C)(C)C)C1. The van der Waals surface area contributed by atoms with Gasteiger partial charge in [0.25, 0.3) is 0 Å². The summed E-state index contributed by atoms with van der Waals surface area (Å²) in [6.45, 7) is 9.34. The molecule has 0 bridgehead atoms. The lowest BCUT2D eigenvalue weighted by atomic mass is 10.2. The van der Waals surface area contributed by atoms with E-state index in [1.54, 1.807) is 16.2 Å². The number of hydrogen-bond acceptors (Lipinski definition) is 5. The third-order valence-electron chi connectivity index (χ3n) is 3.81. The minimum Gasteiger partial charge on any atom is -0.444 e. The van der Waals surface area contributed by atoms with Crippen LogP contribution >= 0.6 is 11.3 Å². The van der Waals surface area contributed by atoms with E-state index in [2.05, 4.69) is 23.9 Å². The number of aromatic nitrogens is 1. The van der Waals surface area contributed by atoms with E-state index in [0.29, 0.717) is 6.04 Å². The van der Waals surface area contributed by atoms with Gasteiger partial charge in [0.05, 0.1) is 6.04 Å². The molecule has 2 atom stereocenters. The van der Waals surface area contributed by atoms with Gasteiger partial charge in [-0.1, -0.05) is 0 Å². The van der Waals surface area contributed by atoms with Crippen LogP contribution in [0.1, 0.15) is 45.2 Å². The lowest BCUT2D eigenvalue weighted by Gasteiger charge is -2.30. The minimum atomic E-state index is -0.435. The number of thiazole rings is 1. The second-order valence-electron chi connectivity index (χ2n) is 6.58. The predicted octanol–water partition coefficient (Wildman–Crippen LogP) is 3.15. The van der Waals surface area contributed by atoms with Crippen molar-refractivity contribution in [2.24, 2.45) is 0 Å². The van der Waals surface area contributed by atoms with Gasteiger partial charge in [-0.25, -0.2) is 9.78 Å². The summed E-state index contributed by atoms with van der Waals surface area (Å²) in [5, 5.41) is 3.12. The van der Waals surface area contributed by atoms with Crippen molar-refractivity contribution < 1.29 is 9.53 Å². The Hall–Kier alpha value is -1.14. The molecule has 118 valence electrons. The smallest absolute Gasteiger partial charge is 0.410 e. The minimum absolute atomic E-state index is 0.208. The molecule has 1 aromatic heterocycles. The van der Waals surface area contributed by atoms with Crippen molar-refractivity contribution >= 4 is 17.4 Å². The summed E-state index contributed by atoms with van der Waals surface area (Å²) in [4.78, 5) is 20.6. The molecule has 0 radical (unpaired) electrons. The Morgan fingerprint density at radius 1 is 1.57 bits per heavy atom. The fourth-order valence-corrected chi connectivity index (χ4v) is 3.24. The third-order valence-corrected chi connectivity index (χ3v) is 4.76. The van der Waals surface area contributed by atoms with Gasteiger partial charge in [-0.15, -0.1) is 11.3 Å². The topological polar surface area (TPSA) is 45.7 Å². The highest BCUT2D eigenvalue weighted by Gasteiger charge is 2.33. The highest BCUT2D eigenvalue weighted by atomic mass is 32.1. The molecular formula is C15H25N3O2S. The summed E-state index contributed by atoms with van der Waals surface area (Å²) in [6.07, 6.45) is 2.61. The van der Waals surface area contributed by atoms with Gasteiger partial charge in [0.15, 0.2) is 0 Å². The van der Waals surface area contributed by atoms with Crippen LogP contribution in [-0.4, -0.2) is 52.7 Å². The van der Waals surface area contributed by atoms with Gasteiger partial charge in [0.1, 0.15) is 10.6 Å². The van der Waals surface area contributed by atoms with Crippen molar-refractivity contribution in [3.63, 3.8) is 0 Å². The summed E-state index contributed by atoms with van der Waals surface area (Å²) >= 11 is 1.68. The molecule has 2 heterocycles. The van der Waals surface area contributed by atoms with Gasteiger partial charge in [-0.3, -0.25) is 4.90 Å². The number of ether oxygens (including phenoxy) is 1. The van der Waals surface area contributed by atoms with E-state index in [1.165, 1.54) is 0 Å². The number of rotatable bonds is 3. The molecule has 1 amide bonds. The Morgan fingerprint density at radius 2 is 2.29 bits per heavy atom. The van der Waals surface area contributed by atoms with Crippen LogP contribution < -0.4 is 0 Å². The number of likely N-dealkylation sites (tertiary alicyclic amines) is 1. The van der Waals surface area contributed by atoms with Gasteiger partial charge in [-0.05, 0) is 41.2 Å². The Kier molecular flexibility index (Phi) is 4.88. The van der Waals surface area contributed by atoms with Crippen LogP contribution in [0.2, 0.25) is 0 Å². The van der Waals surface area contributed by atoms with Gasteiger partial charge >= 0.3 is 6.09 Å². The fourth-order valence-electron chi connectivity index (χ4n) is 2.50. The number of carbonyl (C=O) groups excluding carboxylic acids is 1. The van der Waals surface area contributed by atoms with Gasteiger partial charge in [-0.2, -0.15) is 0 Å². The number of likely N-dealkylation sites (N-methyl/N-ethyl adjacent to an activating group) is 1. The monoisotopic (exact) mass is 311 g/mol. The largest absolute Gasteiger partial charge is 0.444 e. The molecule has 0 aromatic carbocycles. The Bertz CT molecular complexity index is 470. The number of amides is 1. The average Bonchev–Trinajstić information content (AvgIpc) is 3.06. The summed E-state index contributed by atoms with van der Waals surface area (Å²) in [5.74, 6) is 0. The standard InChI is InChI=1S/C15H25N3O2S/c1-11(13-16-7-9-21-13)17(5)12-6-8-18(10-12)14(19)20-15(2,3)4/h7,9,11-12H,6,8,10H2,1-5H3/t11?,12-/m1/s1. The van der Waals surface area contributed by atoms with E-state index in [-0.39, 0.29) is 12.1 Å². The molecule has 0 spiro atoms. The van der Waals surface area contributed by atoms with Crippen molar-refractivity contribution in [2.75, 3.05) is 20.1 Å². The fraction of sp³-hybridized carbons (Fsp3) is 0.733. The lowest BCUT2D eigenvalue weighted by molar-refractivity contribution is 0.0278. The van der Waals surface area contributed by atoms with E-state index >= 15 is 0 Å². The summed E-state index contributed by atoms with van der Waals surface area (Å²) in [6, 6.07) is 0.630. The van der Waals surface area contributed by atoms with E-state index in [1.807, 2.05) is 32.3 Å². The van der Waals surface area contributed by atoms with E-state index in [4.69, 9.17) is 4.74 Å². The van der Waals surface area contributed by atoms with Gasteiger partial charge in [0.2, 0.25) is 0 Å². The first kappa shape index (κ1) is 16.2. The first-order valence-electron chi connectivity index (χ1n) is 7.37. The molecule has 2 rings (SSSR count). The summed E-state index contributed by atoms with van der Waals surface area (Å²) < 4.78 is 5.44. The van der Waals surface area contributed by atoms with Crippen LogP contribution in [-0.2, 0) is 4.74 Å². The van der Waals surface area contributed by atoms with E-state index in [0.717, 1.165) is 24.5 Å². The van der Waals surface area contributed by atoms with Crippen LogP contribution in [0.25, 0.3) is 0 Å². The average molecular weight is 311 g/mol. The summed E-state index contributed by atoms with van der Waals surface area (Å²) in [5.41, 5.74) is -0.435. The normalized spacial score (nSPS) is 20.9. The molecule has 1 fully saturated rings. The second-order valence-corrected chi connectivity index (χ2v) is 7.51. The predicted molar refractivity (Wildman–Crippen MR) is 84.5 cm³/mol. The van der Waals surface area contributed by atoms with Crippen LogP contribution in [0.3, 0.4) is 0 Å². The first-order valence-corrected chi connectivity index (χ1v) is 8.25. The maximum Gasteiger partial charge on any atom is 0.410 e. The number of carbonyl (C=O) groups is 1. The second kappa shape index (κ2) is 6.32. The molecule has 1 unspecified atom stereocenters. The van der Waals surface area contributed by atoms with Crippen molar-refractivity contribution in [1.82, 2.24) is 14.8 Å². The number of nitrogens with zero attached hydrogens (tertiary/aromatic N) is 3. The van der Waals surface area contributed by atoms with Gasteiger partial charge in [0, 0.05) is 30.7 Å². The van der Waals surface area contributed by atoms with Crippen molar-refractivity contribution in [3.05, 3.63) is 16.6 Å². The van der Waals surface area contributed by atoms with E-state index in [9.17, 15) is 4.79 Å². The Morgan fingerprint density at radius 3 is 2.86 bits per heavy atom. The van der Waals surface area contributed by atoms with Gasteiger partial charge < -0.3 is 9.64 Å². The lowest BCUT2D eigenvalue weighted by Crippen LogP contribution is -2.39. The molecule has 1 aromatic rings. The molecule has 6 heteroatoms. The zero-order valence-electron chi connectivity index (χ0n) is 13.5. The third kappa shape index (κ3) is 4.17. The highest BCUT2D eigenvalue weighted by Crippen LogP contribution is 2.27. The zero-order valence-corrected chi connectivity index (χ0v) is 14.3. The maximum atomic E-state index is 12.1. The Balaban J connectivity index is 1.91. The molecule has 5 nitrogen and oxygen atoms in total. The number of hydrogen-bond donors (Lipinski definition) is 0.